The van der Waals surface area contributed by atoms with E-state index in [1.807, 2.05) is 0 Å². The molecule has 0 spiro atoms. The topological polar surface area (TPSA) is 57.5 Å². The zero-order valence-electron chi connectivity index (χ0n) is 9.27. The summed E-state index contributed by atoms with van der Waals surface area (Å²) < 4.78 is 0. The second-order valence-electron chi connectivity index (χ2n) is 2.82. The van der Waals surface area contributed by atoms with Gasteiger partial charge in [-0.25, -0.2) is 13.1 Å². The van der Waals surface area contributed by atoms with Gasteiger partial charge in [-0.15, -0.1) is 0 Å². The van der Waals surface area contributed by atoms with Crippen LogP contribution < -0.4 is 0 Å². The number of hydrogen-bond acceptors (Lipinski definition) is 1. The lowest BCUT2D eigenvalue weighted by Gasteiger charge is -1.83. The summed E-state index contributed by atoms with van der Waals surface area (Å²) in [6.07, 6.45) is 3.83. The smallest absolute Gasteiger partial charge is 0.214 e. The fourth-order valence-electron chi connectivity index (χ4n) is 0.703. The van der Waals surface area contributed by atoms with Gasteiger partial charge in [0.2, 0.25) is 13.1 Å². The number of rotatable bonds is 7. The van der Waals surface area contributed by atoms with Gasteiger partial charge in [-0.1, -0.05) is 21.0 Å². The molecule has 16 heavy (non-hydrogen) atoms. The zero-order valence-corrected chi connectivity index (χ0v) is 10.9. The fourth-order valence-corrected chi connectivity index (χ4v) is 1.10. The molecule has 0 unspecified atom stereocenters. The van der Waals surface area contributed by atoms with Crippen LogP contribution in [0.4, 0.5) is 0 Å². The van der Waals surface area contributed by atoms with E-state index in [4.69, 9.17) is 18.7 Å². The van der Waals surface area contributed by atoms with E-state index in [1.54, 1.807) is 0 Å². The van der Waals surface area contributed by atoms with E-state index < -0.39 is 0 Å². The van der Waals surface area contributed by atoms with Gasteiger partial charge in [-0.2, -0.15) is 0 Å². The molecule has 0 rings (SSSR count). The first-order valence-electron chi connectivity index (χ1n) is 5.06. The van der Waals surface area contributed by atoms with Crippen molar-refractivity contribution >= 4 is 15.9 Å². The molecular formula is C10H16BrN5. The van der Waals surface area contributed by atoms with E-state index >= 15 is 0 Å². The molecule has 0 aliphatic rings. The Labute approximate surface area is 105 Å². The molecule has 0 saturated heterocycles. The molecule has 0 saturated carbocycles. The van der Waals surface area contributed by atoms with Crippen molar-refractivity contribution in [2.24, 2.45) is 5.11 Å². The number of alkyl halides is 1. The molecule has 0 heterocycles. The number of hydrogen-bond donors (Lipinski definition) is 0. The Morgan fingerprint density at radius 1 is 1.00 bits per heavy atom. The van der Waals surface area contributed by atoms with Crippen molar-refractivity contribution in [1.29, 1.82) is 0 Å². The van der Waals surface area contributed by atoms with Gasteiger partial charge >= 0.3 is 0 Å². The summed E-state index contributed by atoms with van der Waals surface area (Å²) in [5.74, 6) is 0. The van der Waals surface area contributed by atoms with Gasteiger partial charge in [-0.3, -0.25) is 0 Å². The third kappa shape index (κ3) is 23.0. The monoisotopic (exact) mass is 285 g/mol. The summed E-state index contributed by atoms with van der Waals surface area (Å²) in [6, 6.07) is 0. The Hall–Kier alpha value is -1.23. The SMILES string of the molecule is [C-]#[N+]CCCCBr.[C-]#[N+]CCCCN=[N+]=[N-]. The lowest BCUT2D eigenvalue weighted by molar-refractivity contribution is 0.786. The molecule has 0 atom stereocenters. The van der Waals surface area contributed by atoms with Crippen molar-refractivity contribution in [3.63, 3.8) is 0 Å². The maximum Gasteiger partial charge on any atom is 0.214 e. The number of nitrogens with zero attached hydrogens (tertiary/aromatic N) is 5. The van der Waals surface area contributed by atoms with Crippen LogP contribution in [0.1, 0.15) is 25.7 Å². The van der Waals surface area contributed by atoms with Gasteiger partial charge in [-0.05, 0) is 18.4 Å². The average molecular weight is 286 g/mol. The highest BCUT2D eigenvalue weighted by atomic mass is 79.9. The van der Waals surface area contributed by atoms with Crippen LogP contribution in [0, 0.1) is 13.1 Å². The van der Waals surface area contributed by atoms with E-state index in [2.05, 4.69) is 35.6 Å². The lowest BCUT2D eigenvalue weighted by atomic mass is 10.3. The van der Waals surface area contributed by atoms with E-state index in [9.17, 15) is 0 Å². The summed E-state index contributed by atoms with van der Waals surface area (Å²) in [7, 11) is 0. The summed E-state index contributed by atoms with van der Waals surface area (Å²) in [5, 5.41) is 4.35. The normalized spacial score (nSPS) is 7.69. The van der Waals surface area contributed by atoms with E-state index in [0.717, 1.165) is 31.0 Å². The predicted molar refractivity (Wildman–Crippen MR) is 69.2 cm³/mol. The van der Waals surface area contributed by atoms with E-state index in [0.29, 0.717) is 19.6 Å². The molecule has 0 bridgehead atoms. The van der Waals surface area contributed by atoms with E-state index in [-0.39, 0.29) is 0 Å². The number of unbranched alkanes of at least 4 members (excludes halogenated alkanes) is 2. The van der Waals surface area contributed by atoms with Crippen molar-refractivity contribution < 1.29 is 0 Å². The summed E-state index contributed by atoms with van der Waals surface area (Å²) in [4.78, 5) is 8.93. The van der Waals surface area contributed by atoms with Gasteiger partial charge in [0, 0.05) is 29.6 Å². The maximum absolute atomic E-state index is 7.82. The van der Waals surface area contributed by atoms with Gasteiger partial charge in [0.25, 0.3) is 0 Å². The number of azide groups is 1. The minimum Gasteiger partial charge on any atom is -0.317 e. The second-order valence-corrected chi connectivity index (χ2v) is 3.61. The molecule has 0 aromatic rings. The Bertz CT molecular complexity index is 259. The zero-order chi connectivity index (χ0) is 12.5. The second kappa shape index (κ2) is 19.4. The van der Waals surface area contributed by atoms with Crippen LogP contribution in [-0.2, 0) is 0 Å². The Kier molecular flexibility index (Phi) is 20.8. The quantitative estimate of drug-likeness (QED) is 0.169. The molecule has 0 radical (unpaired) electrons. The van der Waals surface area contributed by atoms with Gasteiger partial charge in [0.05, 0.1) is 0 Å². The summed E-state index contributed by atoms with van der Waals surface area (Å²) in [5.41, 5.74) is 7.82. The Morgan fingerprint density at radius 2 is 1.56 bits per heavy atom. The van der Waals surface area contributed by atoms with Crippen molar-refractivity contribution in [2.75, 3.05) is 25.0 Å². The highest BCUT2D eigenvalue weighted by Crippen LogP contribution is 1.92. The van der Waals surface area contributed by atoms with Crippen LogP contribution in [-0.4, -0.2) is 25.0 Å². The Morgan fingerprint density at radius 3 is 2.00 bits per heavy atom. The van der Waals surface area contributed by atoms with Crippen LogP contribution >= 0.6 is 15.9 Å². The lowest BCUT2D eigenvalue weighted by Crippen LogP contribution is -1.81. The predicted octanol–water partition coefficient (Wildman–Crippen LogP) is 4.08. The van der Waals surface area contributed by atoms with Crippen molar-refractivity contribution in [1.82, 2.24) is 0 Å². The van der Waals surface area contributed by atoms with Crippen molar-refractivity contribution in [3.8, 4) is 0 Å². The highest BCUT2D eigenvalue weighted by Gasteiger charge is 1.85. The minimum atomic E-state index is 0.520. The standard InChI is InChI=1S/C5H8BrN.C5H8N4/c1-7-5-3-2-4-6;1-7-4-2-3-5-8-9-6/h2-5H2;2-5H2. The molecule has 0 fully saturated rings. The van der Waals surface area contributed by atoms with Crippen LogP contribution in [0.5, 0.6) is 0 Å². The van der Waals surface area contributed by atoms with Crippen molar-refractivity contribution in [2.45, 2.75) is 25.7 Å². The summed E-state index contributed by atoms with van der Waals surface area (Å²) >= 11 is 3.28. The first-order valence-corrected chi connectivity index (χ1v) is 6.18. The minimum absolute atomic E-state index is 0.520. The average Bonchev–Trinajstić information content (AvgIpc) is 2.31. The van der Waals surface area contributed by atoms with Crippen LogP contribution in [0.3, 0.4) is 0 Å². The first-order chi connectivity index (χ1) is 7.83. The summed E-state index contributed by atoms with van der Waals surface area (Å²) in [6.45, 7) is 14.5. The molecule has 0 aliphatic heterocycles. The van der Waals surface area contributed by atoms with Crippen LogP contribution in [0.2, 0.25) is 0 Å². The third-order valence-corrected chi connectivity index (χ3v) is 2.06. The maximum atomic E-state index is 7.82. The molecule has 5 nitrogen and oxygen atoms in total. The first kappa shape index (κ1) is 17.2. The molecule has 0 aromatic carbocycles. The van der Waals surface area contributed by atoms with E-state index in [1.165, 1.54) is 0 Å². The molecule has 0 aromatic heterocycles. The van der Waals surface area contributed by atoms with Gasteiger partial charge < -0.3 is 9.69 Å². The molecule has 6 heteroatoms. The van der Waals surface area contributed by atoms with Crippen LogP contribution in [0.15, 0.2) is 5.11 Å². The molecular weight excluding hydrogens is 270 g/mol. The molecule has 0 N–H and O–H groups in total. The fraction of sp³-hybridized carbons (Fsp3) is 0.800. The third-order valence-electron chi connectivity index (χ3n) is 1.49. The Balaban J connectivity index is 0. The highest BCUT2D eigenvalue weighted by molar-refractivity contribution is 9.09. The largest absolute Gasteiger partial charge is 0.317 e. The van der Waals surface area contributed by atoms with Crippen LogP contribution in [0.25, 0.3) is 20.1 Å². The number of halogens is 1. The molecule has 88 valence electrons. The molecule has 0 amide bonds. The van der Waals surface area contributed by atoms with Gasteiger partial charge in [0.15, 0.2) is 0 Å². The van der Waals surface area contributed by atoms with Gasteiger partial charge in [0.1, 0.15) is 0 Å². The van der Waals surface area contributed by atoms with Crippen molar-refractivity contribution in [3.05, 3.63) is 33.3 Å². The molecule has 0 aliphatic carbocycles.